The van der Waals surface area contributed by atoms with E-state index in [1.54, 1.807) is 18.2 Å². The van der Waals surface area contributed by atoms with Crippen molar-refractivity contribution >= 4 is 60.8 Å². The number of carbonyl (C=O) groups excluding carboxylic acids is 2. The number of hydrogen-bond donors (Lipinski definition) is 2. The Kier molecular flexibility index (Phi) is 8.42. The second kappa shape index (κ2) is 10.8. The number of nitro benzene ring substituents is 1. The summed E-state index contributed by atoms with van der Waals surface area (Å²) in [7, 11) is 0. The van der Waals surface area contributed by atoms with Crippen LogP contribution in [0.1, 0.15) is 13.3 Å². The first-order valence-corrected chi connectivity index (χ1v) is 9.88. The molecule has 158 valence electrons. The number of nitrogens with one attached hydrogen (secondary N) is 2. The number of ether oxygens (including phenoxy) is 1. The number of nitro groups is 1. The molecule has 2 aromatic carbocycles. The number of amides is 2. The molecule has 0 heterocycles. The van der Waals surface area contributed by atoms with Crippen LogP contribution >= 0.6 is 31.9 Å². The lowest BCUT2D eigenvalue weighted by Crippen LogP contribution is -2.26. The third kappa shape index (κ3) is 7.19. The van der Waals surface area contributed by atoms with Gasteiger partial charge < -0.3 is 10.1 Å². The Hall–Kier alpha value is -2.86. The molecule has 0 saturated heterocycles. The first-order chi connectivity index (χ1) is 14.2. The van der Waals surface area contributed by atoms with Gasteiger partial charge in [-0.1, -0.05) is 15.9 Å². The number of benzene rings is 2. The highest BCUT2D eigenvalue weighted by Crippen LogP contribution is 2.28. The van der Waals surface area contributed by atoms with Gasteiger partial charge in [-0.3, -0.25) is 19.7 Å². The molecule has 0 bridgehead atoms. The fourth-order valence-electron chi connectivity index (χ4n) is 2.11. The molecule has 0 saturated carbocycles. The molecule has 0 atom stereocenters. The molecule has 0 radical (unpaired) electrons. The van der Waals surface area contributed by atoms with E-state index in [4.69, 9.17) is 4.74 Å². The zero-order valence-electron chi connectivity index (χ0n) is 15.4. The molecule has 30 heavy (non-hydrogen) atoms. The van der Waals surface area contributed by atoms with Crippen LogP contribution in [0.2, 0.25) is 0 Å². The monoisotopic (exact) mass is 544 g/mol. The van der Waals surface area contributed by atoms with E-state index in [0.29, 0.717) is 10.2 Å². The molecule has 0 aliphatic rings. The highest BCUT2D eigenvalue weighted by atomic mass is 79.9. The van der Waals surface area contributed by atoms with Gasteiger partial charge in [0.2, 0.25) is 5.91 Å². The summed E-state index contributed by atoms with van der Waals surface area (Å²) >= 11 is 6.61. The fraction of sp³-hybridized carbons (Fsp3) is 0.167. The number of halogens is 3. The quantitative estimate of drug-likeness (QED) is 0.293. The first-order valence-electron chi connectivity index (χ1n) is 8.29. The van der Waals surface area contributed by atoms with Gasteiger partial charge in [0.25, 0.3) is 11.6 Å². The number of carbonyl (C=O) groups is 2. The average molecular weight is 546 g/mol. The molecule has 0 unspecified atom stereocenters. The average Bonchev–Trinajstić information content (AvgIpc) is 2.67. The second-order valence-corrected chi connectivity index (χ2v) is 7.66. The first kappa shape index (κ1) is 23.4. The largest absolute Gasteiger partial charge is 0.483 e. The summed E-state index contributed by atoms with van der Waals surface area (Å²) < 4.78 is 20.6. The van der Waals surface area contributed by atoms with E-state index in [0.717, 1.165) is 22.7 Å². The van der Waals surface area contributed by atoms with Crippen LogP contribution in [0.25, 0.3) is 0 Å². The molecular weight excluding hydrogens is 531 g/mol. The minimum atomic E-state index is -0.812. The van der Waals surface area contributed by atoms with Gasteiger partial charge in [-0.15, -0.1) is 0 Å². The van der Waals surface area contributed by atoms with Crippen LogP contribution in [0.15, 0.2) is 50.4 Å². The Morgan fingerprint density at radius 1 is 1.20 bits per heavy atom. The van der Waals surface area contributed by atoms with E-state index in [-0.39, 0.29) is 30.1 Å². The smallest absolute Gasteiger partial charge is 0.277 e. The third-order valence-electron chi connectivity index (χ3n) is 3.48. The minimum Gasteiger partial charge on any atom is -0.483 e. The van der Waals surface area contributed by atoms with Gasteiger partial charge in [0, 0.05) is 22.3 Å². The van der Waals surface area contributed by atoms with E-state index in [2.05, 4.69) is 47.7 Å². The normalized spacial score (nSPS) is 11.0. The molecule has 9 nitrogen and oxygen atoms in total. The van der Waals surface area contributed by atoms with Crippen molar-refractivity contribution in [3.05, 3.63) is 61.3 Å². The van der Waals surface area contributed by atoms with Crippen molar-refractivity contribution < 1.29 is 23.6 Å². The number of hydrazone groups is 1. The SMILES string of the molecule is C/C(CC(=O)Nc1cc([N+](=O)[O-])ccc1F)=N/NC(=O)COc1ccc(Br)cc1Br. The summed E-state index contributed by atoms with van der Waals surface area (Å²) in [5, 5.41) is 16.8. The number of non-ortho nitro benzene ring substituents is 1. The summed E-state index contributed by atoms with van der Waals surface area (Å²) in [4.78, 5) is 33.9. The fourth-order valence-corrected chi connectivity index (χ4v) is 3.28. The molecule has 12 heteroatoms. The van der Waals surface area contributed by atoms with Gasteiger partial charge in [-0.25, -0.2) is 9.82 Å². The maximum absolute atomic E-state index is 13.7. The number of rotatable bonds is 8. The Labute approximate surface area is 187 Å². The lowest BCUT2D eigenvalue weighted by Gasteiger charge is -2.08. The van der Waals surface area contributed by atoms with Crippen molar-refractivity contribution in [3.63, 3.8) is 0 Å². The number of hydrogen-bond acceptors (Lipinski definition) is 6. The molecule has 0 aliphatic heterocycles. The van der Waals surface area contributed by atoms with Gasteiger partial charge >= 0.3 is 0 Å². The Bertz CT molecular complexity index is 1020. The van der Waals surface area contributed by atoms with Gasteiger partial charge in [0.15, 0.2) is 6.61 Å². The van der Waals surface area contributed by atoms with Gasteiger partial charge in [0.05, 0.1) is 21.5 Å². The van der Waals surface area contributed by atoms with Gasteiger partial charge in [-0.2, -0.15) is 5.10 Å². The highest BCUT2D eigenvalue weighted by Gasteiger charge is 2.14. The summed E-state index contributed by atoms with van der Waals surface area (Å²) in [6, 6.07) is 7.98. The highest BCUT2D eigenvalue weighted by molar-refractivity contribution is 9.11. The zero-order valence-corrected chi connectivity index (χ0v) is 18.6. The molecule has 2 rings (SSSR count). The standard InChI is InChI=1S/C18H15Br2FN4O5/c1-10(6-17(26)22-15-8-12(25(28)29)3-4-14(15)21)23-24-18(27)9-30-16-5-2-11(19)7-13(16)20/h2-5,7-8H,6,9H2,1H3,(H,22,26)(H,24,27)/b23-10-. The van der Waals surface area contributed by atoms with Crippen molar-refractivity contribution in [2.24, 2.45) is 5.10 Å². The van der Waals surface area contributed by atoms with Crippen LogP contribution in [-0.2, 0) is 9.59 Å². The molecule has 2 amide bonds. The van der Waals surface area contributed by atoms with Crippen LogP contribution in [0.4, 0.5) is 15.8 Å². The maximum atomic E-state index is 13.7. The lowest BCUT2D eigenvalue weighted by molar-refractivity contribution is -0.384. The second-order valence-electron chi connectivity index (χ2n) is 5.89. The predicted octanol–water partition coefficient (Wildman–Crippen LogP) is 4.16. The Balaban J connectivity index is 1.85. The third-order valence-corrected chi connectivity index (χ3v) is 4.59. The van der Waals surface area contributed by atoms with Crippen molar-refractivity contribution in [2.75, 3.05) is 11.9 Å². The number of anilines is 1. The molecule has 0 aliphatic carbocycles. The van der Waals surface area contributed by atoms with E-state index in [1.807, 2.05) is 0 Å². The molecule has 2 aromatic rings. The molecule has 2 N–H and O–H groups in total. The van der Waals surface area contributed by atoms with Crippen molar-refractivity contribution in [3.8, 4) is 5.75 Å². The van der Waals surface area contributed by atoms with Crippen LogP contribution in [0.5, 0.6) is 5.75 Å². The lowest BCUT2D eigenvalue weighted by atomic mass is 10.2. The molecular formula is C18H15Br2FN4O5. The number of nitrogens with zero attached hydrogens (tertiary/aromatic N) is 2. The van der Waals surface area contributed by atoms with Crippen molar-refractivity contribution in [1.82, 2.24) is 5.43 Å². The summed E-state index contributed by atoms with van der Waals surface area (Å²) in [6.45, 7) is 1.18. The Morgan fingerprint density at radius 3 is 2.60 bits per heavy atom. The van der Waals surface area contributed by atoms with Crippen molar-refractivity contribution in [1.29, 1.82) is 0 Å². The van der Waals surface area contributed by atoms with E-state index in [1.165, 1.54) is 6.92 Å². The van der Waals surface area contributed by atoms with Gasteiger partial charge in [0.1, 0.15) is 11.6 Å². The summed E-state index contributed by atoms with van der Waals surface area (Å²) in [6.07, 6.45) is -0.262. The van der Waals surface area contributed by atoms with Crippen LogP contribution in [-0.4, -0.2) is 29.1 Å². The van der Waals surface area contributed by atoms with Crippen molar-refractivity contribution in [2.45, 2.75) is 13.3 Å². The summed E-state index contributed by atoms with van der Waals surface area (Å²) in [5.41, 5.74) is 1.80. The summed E-state index contributed by atoms with van der Waals surface area (Å²) in [5.74, 6) is -1.55. The van der Waals surface area contributed by atoms with Crippen LogP contribution in [0, 0.1) is 15.9 Å². The predicted molar refractivity (Wildman–Crippen MR) is 115 cm³/mol. The van der Waals surface area contributed by atoms with E-state index >= 15 is 0 Å². The topological polar surface area (TPSA) is 123 Å². The van der Waals surface area contributed by atoms with Gasteiger partial charge in [-0.05, 0) is 47.1 Å². The van der Waals surface area contributed by atoms with E-state index < -0.39 is 22.6 Å². The molecule has 0 spiro atoms. The van der Waals surface area contributed by atoms with E-state index in [9.17, 15) is 24.1 Å². The molecule has 0 aromatic heterocycles. The van der Waals surface area contributed by atoms with Crippen LogP contribution < -0.4 is 15.5 Å². The Morgan fingerprint density at radius 2 is 1.93 bits per heavy atom. The zero-order chi connectivity index (χ0) is 22.3. The minimum absolute atomic E-state index is 0.233. The van der Waals surface area contributed by atoms with Crippen LogP contribution in [0.3, 0.4) is 0 Å². The maximum Gasteiger partial charge on any atom is 0.277 e. The molecule has 0 fully saturated rings.